The molecular weight excluding hydrogens is 342 g/mol. The number of hydrogen-bond donors (Lipinski definition) is 1. The van der Waals surface area contributed by atoms with Gasteiger partial charge in [0, 0.05) is 5.39 Å². The summed E-state index contributed by atoms with van der Waals surface area (Å²) in [5.41, 5.74) is 0.651. The topological polar surface area (TPSA) is 89.5 Å². The van der Waals surface area contributed by atoms with Crippen LogP contribution in [0.5, 0.6) is 0 Å². The second-order valence-corrected chi connectivity index (χ2v) is 7.21. The summed E-state index contributed by atoms with van der Waals surface area (Å²) in [5, 5.41) is 1.04. The van der Waals surface area contributed by atoms with Gasteiger partial charge in [-0.15, -0.1) is 0 Å². The second kappa shape index (κ2) is 5.42. The van der Waals surface area contributed by atoms with E-state index in [1.807, 2.05) is 0 Å². The fourth-order valence-electron chi connectivity index (χ4n) is 2.83. The maximum Gasteiger partial charge on any atom is 0.346 e. The first-order chi connectivity index (χ1) is 12.0. The quantitative estimate of drug-likeness (QED) is 0.577. The van der Waals surface area contributed by atoms with Gasteiger partial charge in [0.25, 0.3) is 10.0 Å². The summed E-state index contributed by atoms with van der Waals surface area (Å²) >= 11 is 0. The van der Waals surface area contributed by atoms with E-state index in [2.05, 4.69) is 4.72 Å². The highest BCUT2D eigenvalue weighted by molar-refractivity contribution is 7.92. The van der Waals surface area contributed by atoms with E-state index in [9.17, 15) is 18.0 Å². The van der Waals surface area contributed by atoms with Crippen molar-refractivity contribution in [1.29, 1.82) is 0 Å². The average molecular weight is 353 g/mol. The molecular formula is C18H11NO5S. The first kappa shape index (κ1) is 15.3. The minimum Gasteiger partial charge on any atom is -0.386 e. The average Bonchev–Trinajstić information content (AvgIpc) is 2.59. The molecule has 0 aromatic heterocycles. The highest BCUT2D eigenvalue weighted by atomic mass is 32.2. The number of rotatable bonds is 3. The van der Waals surface area contributed by atoms with Crippen molar-refractivity contribution in [3.63, 3.8) is 0 Å². The molecule has 0 spiro atoms. The lowest BCUT2D eigenvalue weighted by Crippen LogP contribution is -2.20. The first-order valence-corrected chi connectivity index (χ1v) is 8.85. The van der Waals surface area contributed by atoms with Crippen LogP contribution < -0.4 is 4.72 Å². The standard InChI is InChI=1S/C18H11NO5S/c20-17-14-8-4-5-11-9-12(10-15(16(11)14)18(21)24-17)19-25(22,23)13-6-2-1-3-7-13/h1-10,19H. The summed E-state index contributed by atoms with van der Waals surface area (Å²) in [6.45, 7) is 0. The predicted octanol–water partition coefficient (Wildman–Crippen LogP) is 2.95. The zero-order valence-electron chi connectivity index (χ0n) is 12.7. The van der Waals surface area contributed by atoms with Gasteiger partial charge in [-0.25, -0.2) is 18.0 Å². The molecule has 1 heterocycles. The third-order valence-corrected chi connectivity index (χ3v) is 5.31. The van der Waals surface area contributed by atoms with Crippen molar-refractivity contribution in [2.45, 2.75) is 4.90 Å². The van der Waals surface area contributed by atoms with Gasteiger partial charge in [-0.2, -0.15) is 0 Å². The molecule has 0 saturated heterocycles. The Bertz CT molecular complexity index is 1140. The zero-order chi connectivity index (χ0) is 17.6. The fourth-order valence-corrected chi connectivity index (χ4v) is 3.89. The van der Waals surface area contributed by atoms with Gasteiger partial charge in [-0.3, -0.25) is 4.72 Å². The number of benzene rings is 3. The van der Waals surface area contributed by atoms with Gasteiger partial charge < -0.3 is 4.74 Å². The molecule has 0 fully saturated rings. The third-order valence-electron chi connectivity index (χ3n) is 3.91. The predicted molar refractivity (Wildman–Crippen MR) is 90.9 cm³/mol. The van der Waals surface area contributed by atoms with E-state index < -0.39 is 22.0 Å². The molecule has 25 heavy (non-hydrogen) atoms. The van der Waals surface area contributed by atoms with Crippen molar-refractivity contribution in [3.8, 4) is 0 Å². The van der Waals surface area contributed by atoms with Crippen LogP contribution in [-0.4, -0.2) is 20.4 Å². The van der Waals surface area contributed by atoms with E-state index in [1.165, 1.54) is 18.2 Å². The van der Waals surface area contributed by atoms with Crippen LogP contribution in [0.2, 0.25) is 0 Å². The van der Waals surface area contributed by atoms with Crippen LogP contribution in [0.3, 0.4) is 0 Å². The molecule has 1 N–H and O–H groups in total. The lowest BCUT2D eigenvalue weighted by atomic mass is 9.97. The number of carbonyl (C=O) groups is 2. The summed E-state index contributed by atoms with van der Waals surface area (Å²) in [6.07, 6.45) is 0. The highest BCUT2D eigenvalue weighted by Crippen LogP contribution is 2.32. The van der Waals surface area contributed by atoms with E-state index in [4.69, 9.17) is 4.74 Å². The molecule has 7 heteroatoms. The molecule has 0 unspecified atom stereocenters. The van der Waals surface area contributed by atoms with Crippen LogP contribution in [0.1, 0.15) is 20.7 Å². The molecule has 0 radical (unpaired) electrons. The Morgan fingerprint density at radius 1 is 0.800 bits per heavy atom. The molecule has 0 bridgehead atoms. The van der Waals surface area contributed by atoms with Gasteiger partial charge in [0.15, 0.2) is 0 Å². The number of nitrogens with one attached hydrogen (secondary N) is 1. The van der Waals surface area contributed by atoms with Crippen molar-refractivity contribution >= 4 is 38.4 Å². The number of esters is 2. The van der Waals surface area contributed by atoms with Crippen LogP contribution >= 0.6 is 0 Å². The molecule has 3 aromatic rings. The summed E-state index contributed by atoms with van der Waals surface area (Å²) < 4.78 is 32.1. The monoisotopic (exact) mass is 353 g/mol. The van der Waals surface area contributed by atoms with Crippen molar-refractivity contribution in [1.82, 2.24) is 0 Å². The Morgan fingerprint density at radius 3 is 2.28 bits per heavy atom. The van der Waals surface area contributed by atoms with E-state index >= 15 is 0 Å². The SMILES string of the molecule is O=C1OC(=O)c2cc(NS(=O)(=O)c3ccccc3)cc3cccc1c23. The van der Waals surface area contributed by atoms with Crippen molar-refractivity contribution < 1.29 is 22.7 Å². The third kappa shape index (κ3) is 2.54. The van der Waals surface area contributed by atoms with Gasteiger partial charge in [-0.1, -0.05) is 30.3 Å². The molecule has 3 aromatic carbocycles. The van der Waals surface area contributed by atoms with Crippen molar-refractivity contribution in [2.24, 2.45) is 0 Å². The number of cyclic esters (lactones) is 2. The van der Waals surface area contributed by atoms with E-state index in [0.717, 1.165) is 0 Å². The first-order valence-electron chi connectivity index (χ1n) is 7.37. The largest absolute Gasteiger partial charge is 0.386 e. The van der Waals surface area contributed by atoms with Crippen molar-refractivity contribution in [2.75, 3.05) is 4.72 Å². The summed E-state index contributed by atoms with van der Waals surface area (Å²) in [7, 11) is -3.80. The smallest absolute Gasteiger partial charge is 0.346 e. The summed E-state index contributed by atoms with van der Waals surface area (Å²) in [5.74, 6) is -1.50. The van der Waals surface area contributed by atoms with Crippen LogP contribution in [0.15, 0.2) is 65.6 Å². The number of sulfonamides is 1. The minimum absolute atomic E-state index is 0.107. The summed E-state index contributed by atoms with van der Waals surface area (Å²) in [4.78, 5) is 24.0. The summed E-state index contributed by atoms with van der Waals surface area (Å²) in [6, 6.07) is 15.8. The van der Waals surface area contributed by atoms with Crippen molar-refractivity contribution in [3.05, 3.63) is 71.8 Å². The van der Waals surface area contributed by atoms with E-state index in [1.54, 1.807) is 42.5 Å². The van der Waals surface area contributed by atoms with E-state index in [0.29, 0.717) is 10.8 Å². The highest BCUT2D eigenvalue weighted by Gasteiger charge is 2.28. The Labute approximate surface area is 143 Å². The Hall–Kier alpha value is -3.19. The molecule has 1 aliphatic rings. The normalized spacial score (nSPS) is 13.6. The number of carbonyl (C=O) groups excluding carboxylic acids is 2. The van der Waals surface area contributed by atoms with Gasteiger partial charge in [0.05, 0.1) is 21.7 Å². The molecule has 0 atom stereocenters. The van der Waals surface area contributed by atoms with Crippen LogP contribution in [0.4, 0.5) is 5.69 Å². The molecule has 1 aliphatic heterocycles. The minimum atomic E-state index is -3.80. The van der Waals surface area contributed by atoms with Gasteiger partial charge in [0.2, 0.25) is 0 Å². The van der Waals surface area contributed by atoms with Crippen LogP contribution in [0.25, 0.3) is 10.8 Å². The fraction of sp³-hybridized carbons (Fsp3) is 0. The second-order valence-electron chi connectivity index (χ2n) is 5.52. The maximum atomic E-state index is 12.5. The Balaban J connectivity index is 1.86. The number of ether oxygens (including phenoxy) is 1. The van der Waals surface area contributed by atoms with E-state index in [-0.39, 0.29) is 21.7 Å². The lowest BCUT2D eigenvalue weighted by molar-refractivity contribution is 0.0391. The molecule has 0 saturated carbocycles. The molecule has 6 nitrogen and oxygen atoms in total. The zero-order valence-corrected chi connectivity index (χ0v) is 13.5. The molecule has 4 rings (SSSR count). The van der Waals surface area contributed by atoms with Gasteiger partial charge >= 0.3 is 11.9 Å². The Morgan fingerprint density at radius 2 is 1.52 bits per heavy atom. The lowest BCUT2D eigenvalue weighted by Gasteiger charge is -2.17. The van der Waals surface area contributed by atoms with Gasteiger partial charge in [-0.05, 0) is 35.7 Å². The Kier molecular flexibility index (Phi) is 3.33. The number of anilines is 1. The van der Waals surface area contributed by atoms with Gasteiger partial charge in [0.1, 0.15) is 0 Å². The molecule has 0 aliphatic carbocycles. The van der Waals surface area contributed by atoms with Crippen LogP contribution in [-0.2, 0) is 14.8 Å². The molecule has 124 valence electrons. The number of hydrogen-bond acceptors (Lipinski definition) is 5. The maximum absolute atomic E-state index is 12.5. The van der Waals surface area contributed by atoms with Crippen LogP contribution in [0, 0.1) is 0 Å². The molecule has 0 amide bonds.